The van der Waals surface area contributed by atoms with Crippen LogP contribution in [0.25, 0.3) is 0 Å². The van der Waals surface area contributed by atoms with Crippen LogP contribution in [0, 0.1) is 11.3 Å². The molecule has 1 aliphatic heterocycles. The Bertz CT molecular complexity index is 1310. The zero-order valence-electron chi connectivity index (χ0n) is 25.6. The fraction of sp³-hybridized carbons (Fsp3) is 0.571. The van der Waals surface area contributed by atoms with Crippen LogP contribution in [0.1, 0.15) is 76.2 Å². The van der Waals surface area contributed by atoms with Crippen LogP contribution < -0.4 is 10.6 Å². The minimum absolute atomic E-state index is 0.180. The molecule has 1 aromatic heterocycles. The van der Waals surface area contributed by atoms with Gasteiger partial charge < -0.3 is 15.5 Å². The monoisotopic (exact) mass is 636 g/mol. The number of amides is 1. The van der Waals surface area contributed by atoms with Crippen molar-refractivity contribution in [1.29, 1.82) is 0 Å². The van der Waals surface area contributed by atoms with Gasteiger partial charge in [0.25, 0.3) is 0 Å². The average molecular weight is 638 g/mol. The first-order valence-electron chi connectivity index (χ1n) is 16.6. The number of carbonyl (C=O) groups is 1. The van der Waals surface area contributed by atoms with E-state index in [2.05, 4.69) is 37.7 Å². The van der Waals surface area contributed by atoms with Gasteiger partial charge in [-0.25, -0.2) is 4.98 Å². The lowest BCUT2D eigenvalue weighted by atomic mass is 9.63. The fourth-order valence-electron chi connectivity index (χ4n) is 7.98. The molecule has 2 aromatic carbocycles. The molecule has 3 aromatic rings. The largest absolute Gasteiger partial charge is 0.382 e. The molecule has 2 heterocycles. The summed E-state index contributed by atoms with van der Waals surface area (Å²) in [5.41, 5.74) is 2.43. The van der Waals surface area contributed by atoms with E-state index in [9.17, 15) is 4.79 Å². The van der Waals surface area contributed by atoms with Crippen LogP contribution in [-0.2, 0) is 17.8 Å². The Morgan fingerprint density at radius 2 is 1.50 bits per heavy atom. The van der Waals surface area contributed by atoms with E-state index in [1.54, 1.807) is 6.33 Å². The van der Waals surface area contributed by atoms with Gasteiger partial charge in [-0.05, 0) is 111 Å². The number of likely N-dealkylation sites (tertiary alicyclic amines) is 1. The summed E-state index contributed by atoms with van der Waals surface area (Å²) < 4.78 is 2.02. The summed E-state index contributed by atoms with van der Waals surface area (Å²) >= 11 is 12.3. The second-order valence-corrected chi connectivity index (χ2v) is 14.2. The van der Waals surface area contributed by atoms with Crippen molar-refractivity contribution in [2.45, 2.75) is 102 Å². The number of hydrogen-bond donors (Lipinski definition) is 2. The lowest BCUT2D eigenvalue weighted by Crippen LogP contribution is -2.55. The second-order valence-electron chi connectivity index (χ2n) is 13.4. The maximum Gasteiger partial charge on any atom is 0.240 e. The molecular formula is C35H46Cl2N6O. The van der Waals surface area contributed by atoms with Crippen LogP contribution in [0.2, 0.25) is 10.0 Å². The Morgan fingerprint density at radius 1 is 0.864 bits per heavy atom. The van der Waals surface area contributed by atoms with Crippen molar-refractivity contribution in [3.05, 3.63) is 76.8 Å². The van der Waals surface area contributed by atoms with Crippen molar-refractivity contribution in [3.63, 3.8) is 0 Å². The third-order valence-electron chi connectivity index (χ3n) is 10.5. The van der Waals surface area contributed by atoms with E-state index in [0.29, 0.717) is 24.4 Å². The highest BCUT2D eigenvalue weighted by Crippen LogP contribution is 2.47. The molecule has 0 spiro atoms. The number of piperidine rings is 1. The molecular weight excluding hydrogens is 591 g/mol. The molecule has 1 amide bonds. The van der Waals surface area contributed by atoms with Gasteiger partial charge in [-0.2, -0.15) is 5.10 Å². The molecule has 0 unspecified atom stereocenters. The maximum absolute atomic E-state index is 14.3. The third-order valence-corrected chi connectivity index (χ3v) is 11.0. The topological polar surface area (TPSA) is 75.1 Å². The summed E-state index contributed by atoms with van der Waals surface area (Å²) in [7, 11) is 0. The van der Waals surface area contributed by atoms with E-state index in [0.717, 1.165) is 79.5 Å². The average Bonchev–Trinajstić information content (AvgIpc) is 3.57. The SMILES string of the molecule is O=C([C@@H](Cc1ccc(Cl)cc1)N[C@H]1CC[C@@H](Nc2ccc(Cl)cc2)CC1)N1CCC(Cn2cncn2)(C2CCCCC2)CC1. The van der Waals surface area contributed by atoms with Gasteiger partial charge in [0.1, 0.15) is 12.7 Å². The highest BCUT2D eigenvalue weighted by atomic mass is 35.5. The number of nitrogens with zero attached hydrogens (tertiary/aromatic N) is 4. The van der Waals surface area contributed by atoms with Crippen LogP contribution in [0.5, 0.6) is 0 Å². The molecule has 6 rings (SSSR count). The number of anilines is 1. The first-order valence-corrected chi connectivity index (χ1v) is 17.4. The molecule has 1 saturated heterocycles. The fourth-order valence-corrected chi connectivity index (χ4v) is 8.24. The van der Waals surface area contributed by atoms with Gasteiger partial charge >= 0.3 is 0 Å². The number of aromatic nitrogens is 3. The normalized spacial score (nSPS) is 23.3. The molecule has 44 heavy (non-hydrogen) atoms. The molecule has 9 heteroatoms. The summed E-state index contributed by atoms with van der Waals surface area (Å²) in [6, 6.07) is 16.4. The quantitative estimate of drug-likeness (QED) is 0.242. The molecule has 3 aliphatic rings. The van der Waals surface area contributed by atoms with Crippen LogP contribution in [0.15, 0.2) is 61.2 Å². The molecule has 1 atom stereocenters. The third kappa shape index (κ3) is 7.96. The number of carbonyl (C=O) groups excluding carboxylic acids is 1. The Labute approximate surface area is 272 Å². The van der Waals surface area contributed by atoms with Gasteiger partial charge in [0.2, 0.25) is 5.91 Å². The number of benzene rings is 2. The number of nitrogens with one attached hydrogen (secondary N) is 2. The standard InChI is InChI=1S/C35H46Cl2N6O/c36-28-8-6-26(7-9-28)22-33(41-32-16-14-31(15-17-32)40-30-12-10-29(37)11-13-30)34(44)42-20-18-35(19-21-42,23-43-25-38-24-39-43)27-4-2-1-3-5-27/h6-13,24-25,27,31-33,40-41H,1-5,14-23H2/t31-,32+,33-/m1/s1. The predicted octanol–water partition coefficient (Wildman–Crippen LogP) is 7.40. The summed E-state index contributed by atoms with van der Waals surface area (Å²) in [5.74, 6) is 0.928. The van der Waals surface area contributed by atoms with Gasteiger partial charge in [-0.3, -0.25) is 9.48 Å². The zero-order chi connectivity index (χ0) is 30.4. The van der Waals surface area contributed by atoms with E-state index in [4.69, 9.17) is 23.2 Å². The van der Waals surface area contributed by atoms with Crippen molar-refractivity contribution in [2.75, 3.05) is 18.4 Å². The number of rotatable bonds is 10. The first-order chi connectivity index (χ1) is 21.5. The Balaban J connectivity index is 1.10. The summed E-state index contributed by atoms with van der Waals surface area (Å²) in [4.78, 5) is 20.6. The van der Waals surface area contributed by atoms with Gasteiger partial charge in [0.15, 0.2) is 0 Å². The van der Waals surface area contributed by atoms with Gasteiger partial charge in [0.05, 0.1) is 6.04 Å². The van der Waals surface area contributed by atoms with E-state index in [1.165, 1.54) is 32.1 Å². The minimum Gasteiger partial charge on any atom is -0.382 e. The Morgan fingerprint density at radius 3 is 2.14 bits per heavy atom. The van der Waals surface area contributed by atoms with Gasteiger partial charge in [-0.1, -0.05) is 54.6 Å². The molecule has 0 bridgehead atoms. The second kappa shape index (κ2) is 14.7. The summed E-state index contributed by atoms with van der Waals surface area (Å²) in [6.45, 7) is 2.51. The first kappa shape index (κ1) is 31.4. The Kier molecular flexibility index (Phi) is 10.5. The number of halogens is 2. The van der Waals surface area contributed by atoms with Crippen LogP contribution in [-0.4, -0.2) is 56.8 Å². The van der Waals surface area contributed by atoms with Crippen LogP contribution in [0.3, 0.4) is 0 Å². The van der Waals surface area contributed by atoms with Crippen molar-refractivity contribution < 1.29 is 4.79 Å². The molecule has 2 saturated carbocycles. The Hall–Kier alpha value is -2.61. The zero-order valence-corrected chi connectivity index (χ0v) is 27.2. The van der Waals surface area contributed by atoms with E-state index in [1.807, 2.05) is 47.4 Å². The van der Waals surface area contributed by atoms with E-state index in [-0.39, 0.29) is 17.4 Å². The van der Waals surface area contributed by atoms with Crippen LogP contribution in [0.4, 0.5) is 5.69 Å². The number of hydrogen-bond acceptors (Lipinski definition) is 5. The molecule has 3 fully saturated rings. The predicted molar refractivity (Wildman–Crippen MR) is 178 cm³/mol. The highest BCUT2D eigenvalue weighted by molar-refractivity contribution is 6.30. The molecule has 236 valence electrons. The van der Waals surface area contributed by atoms with Crippen molar-refractivity contribution in [1.82, 2.24) is 25.0 Å². The van der Waals surface area contributed by atoms with Crippen molar-refractivity contribution in [3.8, 4) is 0 Å². The van der Waals surface area contributed by atoms with Crippen molar-refractivity contribution in [2.24, 2.45) is 11.3 Å². The van der Waals surface area contributed by atoms with E-state index >= 15 is 0 Å². The highest BCUT2D eigenvalue weighted by Gasteiger charge is 2.44. The summed E-state index contributed by atoms with van der Waals surface area (Å²) in [5, 5.41) is 13.5. The van der Waals surface area contributed by atoms with Crippen LogP contribution >= 0.6 is 23.2 Å². The molecule has 7 nitrogen and oxygen atoms in total. The lowest BCUT2D eigenvalue weighted by molar-refractivity contribution is -0.137. The smallest absolute Gasteiger partial charge is 0.240 e. The van der Waals surface area contributed by atoms with Gasteiger partial charge in [0, 0.05) is 47.5 Å². The maximum atomic E-state index is 14.3. The van der Waals surface area contributed by atoms with Gasteiger partial charge in [-0.15, -0.1) is 0 Å². The molecule has 2 N–H and O–H groups in total. The van der Waals surface area contributed by atoms with E-state index < -0.39 is 0 Å². The molecule has 2 aliphatic carbocycles. The van der Waals surface area contributed by atoms with Crippen molar-refractivity contribution >= 4 is 34.8 Å². The molecule has 0 radical (unpaired) electrons. The minimum atomic E-state index is -0.251. The lowest BCUT2D eigenvalue weighted by Gasteiger charge is -2.48. The summed E-state index contributed by atoms with van der Waals surface area (Å²) in [6.07, 6.45) is 17.0.